The Balaban J connectivity index is 1.97. The van der Waals surface area contributed by atoms with Gasteiger partial charge in [-0.2, -0.15) is 5.10 Å². The van der Waals surface area contributed by atoms with Crippen LogP contribution in [0.1, 0.15) is 35.7 Å². The van der Waals surface area contributed by atoms with Gasteiger partial charge in [-0.25, -0.2) is 5.43 Å². The number of hydrogen-bond donors (Lipinski definition) is 1. The van der Waals surface area contributed by atoms with Crippen LogP contribution in [0.3, 0.4) is 0 Å². The van der Waals surface area contributed by atoms with Crippen LogP contribution in [-0.4, -0.2) is 11.6 Å². The van der Waals surface area contributed by atoms with E-state index in [0.29, 0.717) is 11.5 Å². The van der Waals surface area contributed by atoms with Crippen LogP contribution in [0.25, 0.3) is 0 Å². The number of aryl methyl sites for hydroxylation is 1. The molecule has 2 rings (SSSR count). The molecule has 1 amide bonds. The Kier molecular flexibility index (Phi) is 3.04. The fourth-order valence-electron chi connectivity index (χ4n) is 1.50. The molecule has 3 nitrogen and oxygen atoms in total. The van der Waals surface area contributed by atoms with Crippen LogP contribution < -0.4 is 5.43 Å². The molecule has 16 heavy (non-hydrogen) atoms. The zero-order valence-corrected chi connectivity index (χ0v) is 9.66. The summed E-state index contributed by atoms with van der Waals surface area (Å²) in [5.74, 6) is 0.457. The van der Waals surface area contributed by atoms with Crippen LogP contribution in [0.15, 0.2) is 29.4 Å². The number of amides is 1. The van der Waals surface area contributed by atoms with E-state index < -0.39 is 0 Å². The van der Waals surface area contributed by atoms with Crippen LogP contribution in [-0.2, 0) is 0 Å². The van der Waals surface area contributed by atoms with E-state index in [1.807, 2.05) is 38.1 Å². The molecule has 1 aromatic carbocycles. The highest BCUT2D eigenvalue weighted by molar-refractivity contribution is 5.95. The maximum Gasteiger partial charge on any atom is 0.271 e. The molecule has 0 radical (unpaired) electrons. The van der Waals surface area contributed by atoms with Gasteiger partial charge in [0.05, 0.1) is 0 Å². The lowest BCUT2D eigenvalue weighted by Crippen LogP contribution is -2.19. The number of nitrogens with zero attached hydrogens (tertiary/aromatic N) is 1. The van der Waals surface area contributed by atoms with Crippen molar-refractivity contribution in [3.8, 4) is 0 Å². The van der Waals surface area contributed by atoms with Crippen molar-refractivity contribution in [3.05, 3.63) is 35.4 Å². The number of carbonyl (C=O) groups is 1. The van der Waals surface area contributed by atoms with Crippen molar-refractivity contribution in [1.82, 2.24) is 5.43 Å². The molecular weight excluding hydrogens is 200 g/mol. The summed E-state index contributed by atoms with van der Waals surface area (Å²) >= 11 is 0. The van der Waals surface area contributed by atoms with Crippen LogP contribution in [0.5, 0.6) is 0 Å². The monoisotopic (exact) mass is 216 g/mol. The van der Waals surface area contributed by atoms with Gasteiger partial charge in [0.2, 0.25) is 0 Å². The van der Waals surface area contributed by atoms with E-state index in [1.54, 1.807) is 0 Å². The Morgan fingerprint density at radius 2 is 1.94 bits per heavy atom. The topological polar surface area (TPSA) is 41.5 Å². The van der Waals surface area contributed by atoms with E-state index in [-0.39, 0.29) is 5.91 Å². The zero-order valence-electron chi connectivity index (χ0n) is 9.66. The van der Waals surface area contributed by atoms with Crippen molar-refractivity contribution in [3.63, 3.8) is 0 Å². The molecule has 1 aliphatic rings. The smallest absolute Gasteiger partial charge is 0.267 e. The van der Waals surface area contributed by atoms with Crippen LogP contribution in [0, 0.1) is 12.8 Å². The van der Waals surface area contributed by atoms with Crippen LogP contribution >= 0.6 is 0 Å². The Hall–Kier alpha value is -1.64. The third-order valence-corrected chi connectivity index (χ3v) is 2.82. The molecule has 1 N–H and O–H groups in total. The van der Waals surface area contributed by atoms with Gasteiger partial charge in [-0.05, 0) is 44.7 Å². The molecule has 3 heteroatoms. The summed E-state index contributed by atoms with van der Waals surface area (Å²) < 4.78 is 0. The van der Waals surface area contributed by atoms with E-state index >= 15 is 0 Å². The van der Waals surface area contributed by atoms with E-state index in [4.69, 9.17) is 0 Å². The molecular formula is C13H16N2O. The molecule has 84 valence electrons. The minimum absolute atomic E-state index is 0.139. The summed E-state index contributed by atoms with van der Waals surface area (Å²) in [6, 6.07) is 7.47. The fourth-order valence-corrected chi connectivity index (χ4v) is 1.50. The highest BCUT2D eigenvalue weighted by Gasteiger charge is 2.24. The third kappa shape index (κ3) is 2.69. The van der Waals surface area contributed by atoms with Gasteiger partial charge in [-0.3, -0.25) is 4.79 Å². The summed E-state index contributed by atoms with van der Waals surface area (Å²) in [5, 5.41) is 4.10. The zero-order chi connectivity index (χ0) is 11.5. The number of carbonyl (C=O) groups excluding carboxylic acids is 1. The minimum Gasteiger partial charge on any atom is -0.267 e. The fraction of sp³-hybridized carbons (Fsp3) is 0.385. The Morgan fingerprint density at radius 3 is 2.50 bits per heavy atom. The first-order valence-corrected chi connectivity index (χ1v) is 5.58. The summed E-state index contributed by atoms with van der Waals surface area (Å²) in [4.78, 5) is 11.7. The van der Waals surface area contributed by atoms with Crippen molar-refractivity contribution in [2.24, 2.45) is 11.0 Å². The molecule has 1 fully saturated rings. The van der Waals surface area contributed by atoms with Crippen molar-refractivity contribution in [2.75, 3.05) is 0 Å². The molecule has 0 heterocycles. The van der Waals surface area contributed by atoms with Gasteiger partial charge < -0.3 is 0 Å². The number of hydrazone groups is 1. The molecule has 0 unspecified atom stereocenters. The Morgan fingerprint density at radius 1 is 1.31 bits per heavy atom. The first-order chi connectivity index (χ1) is 7.66. The first-order valence-electron chi connectivity index (χ1n) is 5.58. The largest absolute Gasteiger partial charge is 0.271 e. The lowest BCUT2D eigenvalue weighted by Gasteiger charge is -2.02. The van der Waals surface area contributed by atoms with E-state index in [1.165, 1.54) is 12.8 Å². The van der Waals surface area contributed by atoms with Crippen molar-refractivity contribution >= 4 is 11.6 Å². The molecule has 1 aromatic rings. The van der Waals surface area contributed by atoms with E-state index in [2.05, 4.69) is 10.5 Å². The maximum atomic E-state index is 11.7. The normalized spacial score (nSPS) is 16.0. The molecule has 0 spiro atoms. The van der Waals surface area contributed by atoms with Gasteiger partial charge in [0.15, 0.2) is 0 Å². The quantitative estimate of drug-likeness (QED) is 0.612. The van der Waals surface area contributed by atoms with Crippen molar-refractivity contribution < 1.29 is 4.79 Å². The van der Waals surface area contributed by atoms with Gasteiger partial charge >= 0.3 is 0 Å². The Labute approximate surface area is 95.6 Å². The number of benzene rings is 1. The van der Waals surface area contributed by atoms with Gasteiger partial charge in [-0.15, -0.1) is 0 Å². The van der Waals surface area contributed by atoms with Gasteiger partial charge in [0.1, 0.15) is 0 Å². The van der Waals surface area contributed by atoms with Crippen molar-refractivity contribution in [2.45, 2.75) is 26.7 Å². The predicted octanol–water partition coefficient (Wildman–Crippen LogP) is 2.51. The average molecular weight is 216 g/mol. The van der Waals surface area contributed by atoms with Crippen LogP contribution in [0.2, 0.25) is 0 Å². The molecule has 0 bridgehead atoms. The number of hydrogen-bond acceptors (Lipinski definition) is 2. The summed E-state index contributed by atoms with van der Waals surface area (Å²) in [5.41, 5.74) is 5.42. The average Bonchev–Trinajstić information content (AvgIpc) is 3.10. The highest BCUT2D eigenvalue weighted by Crippen LogP contribution is 2.30. The molecule has 1 aliphatic carbocycles. The van der Waals surface area contributed by atoms with Gasteiger partial charge in [0, 0.05) is 11.3 Å². The van der Waals surface area contributed by atoms with E-state index in [0.717, 1.165) is 11.3 Å². The second-order valence-corrected chi connectivity index (χ2v) is 4.33. The summed E-state index contributed by atoms with van der Waals surface area (Å²) in [6.45, 7) is 3.96. The van der Waals surface area contributed by atoms with E-state index in [9.17, 15) is 4.79 Å². The Bertz CT molecular complexity index is 416. The lowest BCUT2D eigenvalue weighted by atomic mass is 10.1. The SMILES string of the molecule is CC(=NNC(=O)c1ccc(C)cc1)C1CC1. The molecule has 0 aliphatic heterocycles. The molecule has 0 saturated heterocycles. The standard InChI is InChI=1S/C13H16N2O/c1-9-3-5-12(6-4-9)13(16)15-14-10(2)11-7-8-11/h3-6,11H,7-8H2,1-2H3,(H,15,16). The number of nitrogens with one attached hydrogen (secondary N) is 1. The van der Waals surface area contributed by atoms with Gasteiger partial charge in [0.25, 0.3) is 5.91 Å². The first kappa shape index (κ1) is 10.9. The number of rotatable bonds is 3. The third-order valence-electron chi connectivity index (χ3n) is 2.82. The van der Waals surface area contributed by atoms with Crippen molar-refractivity contribution in [1.29, 1.82) is 0 Å². The predicted molar refractivity (Wildman–Crippen MR) is 64.5 cm³/mol. The minimum atomic E-state index is -0.139. The summed E-state index contributed by atoms with van der Waals surface area (Å²) in [7, 11) is 0. The lowest BCUT2D eigenvalue weighted by molar-refractivity contribution is 0.0954. The highest BCUT2D eigenvalue weighted by atomic mass is 16.2. The second kappa shape index (κ2) is 4.47. The molecule has 0 atom stereocenters. The maximum absolute atomic E-state index is 11.7. The van der Waals surface area contributed by atoms with Gasteiger partial charge in [-0.1, -0.05) is 17.7 Å². The van der Waals surface area contributed by atoms with Crippen LogP contribution in [0.4, 0.5) is 0 Å². The second-order valence-electron chi connectivity index (χ2n) is 4.33. The molecule has 1 saturated carbocycles. The molecule has 0 aromatic heterocycles. The summed E-state index contributed by atoms with van der Waals surface area (Å²) in [6.07, 6.45) is 2.41.